The molecule has 0 unspecified atom stereocenters. The van der Waals surface area contributed by atoms with E-state index in [1.807, 2.05) is 24.3 Å². The topological polar surface area (TPSA) is 71.7 Å². The average Bonchev–Trinajstić information content (AvgIpc) is 3.40. The predicted molar refractivity (Wildman–Crippen MR) is 96.9 cm³/mol. The first-order chi connectivity index (χ1) is 12.8. The minimum Gasteiger partial charge on any atom is -0.464 e. The highest BCUT2D eigenvalue weighted by atomic mass is 16.4. The van der Waals surface area contributed by atoms with Gasteiger partial charge in [-0.25, -0.2) is 9.97 Å². The number of hydrogen-bond acceptors (Lipinski definition) is 7. The van der Waals surface area contributed by atoms with Crippen molar-refractivity contribution in [2.45, 2.75) is 0 Å². The third kappa shape index (κ3) is 2.40. The van der Waals surface area contributed by atoms with Gasteiger partial charge in [-0.05, 0) is 31.3 Å². The molecule has 0 saturated carbocycles. The summed E-state index contributed by atoms with van der Waals surface area (Å²) in [6.45, 7) is 3.79. The van der Waals surface area contributed by atoms with Crippen LogP contribution in [0.5, 0.6) is 0 Å². The molecular formula is C19H18N4O3. The number of aromatic nitrogens is 2. The van der Waals surface area contributed by atoms with Gasteiger partial charge in [-0.2, -0.15) is 0 Å². The standard InChI is InChI=1S/C19H18N4O3/c1-22-6-8-23(9-7-22)18-16-15(13-4-2-10-24-13)17(14-5-3-11-25-14)26-19(16)21-12-20-18/h2-5,10-12H,6-9H2,1H3. The van der Waals surface area contributed by atoms with Crippen LogP contribution in [0.25, 0.3) is 33.9 Å². The smallest absolute Gasteiger partial charge is 0.232 e. The molecule has 1 fully saturated rings. The molecule has 0 amide bonds. The Morgan fingerprint density at radius 1 is 0.923 bits per heavy atom. The van der Waals surface area contributed by atoms with Crippen molar-refractivity contribution in [3.8, 4) is 22.8 Å². The lowest BCUT2D eigenvalue weighted by atomic mass is 10.1. The molecule has 0 radical (unpaired) electrons. The van der Waals surface area contributed by atoms with Crippen molar-refractivity contribution in [1.82, 2.24) is 14.9 Å². The Morgan fingerprint density at radius 3 is 2.35 bits per heavy atom. The molecule has 7 heteroatoms. The van der Waals surface area contributed by atoms with Gasteiger partial charge in [-0.15, -0.1) is 0 Å². The maximum atomic E-state index is 6.08. The molecule has 1 aliphatic heterocycles. The summed E-state index contributed by atoms with van der Waals surface area (Å²) >= 11 is 0. The summed E-state index contributed by atoms with van der Waals surface area (Å²) < 4.78 is 17.4. The second-order valence-corrected chi connectivity index (χ2v) is 6.43. The van der Waals surface area contributed by atoms with Gasteiger partial charge in [-0.1, -0.05) is 0 Å². The summed E-state index contributed by atoms with van der Waals surface area (Å²) in [6.07, 6.45) is 4.83. The number of piperazine rings is 1. The van der Waals surface area contributed by atoms with Gasteiger partial charge in [-0.3, -0.25) is 0 Å². The van der Waals surface area contributed by atoms with Gasteiger partial charge in [0, 0.05) is 26.2 Å². The summed E-state index contributed by atoms with van der Waals surface area (Å²) in [5.41, 5.74) is 1.36. The van der Waals surface area contributed by atoms with E-state index in [4.69, 9.17) is 13.3 Å². The Kier molecular flexibility index (Phi) is 3.53. The number of hydrogen-bond donors (Lipinski definition) is 0. The van der Waals surface area contributed by atoms with E-state index in [-0.39, 0.29) is 0 Å². The number of rotatable bonds is 3. The number of fused-ring (bicyclic) bond motifs is 1. The van der Waals surface area contributed by atoms with Crippen molar-refractivity contribution in [2.24, 2.45) is 0 Å². The van der Waals surface area contributed by atoms with Crippen molar-refractivity contribution in [1.29, 1.82) is 0 Å². The van der Waals surface area contributed by atoms with E-state index in [1.165, 1.54) is 0 Å². The zero-order chi connectivity index (χ0) is 17.5. The second kappa shape index (κ2) is 6.03. The molecule has 7 nitrogen and oxygen atoms in total. The van der Waals surface area contributed by atoms with Crippen molar-refractivity contribution >= 4 is 16.9 Å². The summed E-state index contributed by atoms with van der Waals surface area (Å²) in [5, 5.41) is 0.860. The third-order valence-electron chi connectivity index (χ3n) is 4.78. The fourth-order valence-corrected chi connectivity index (χ4v) is 3.41. The molecule has 132 valence electrons. The van der Waals surface area contributed by atoms with Crippen LogP contribution >= 0.6 is 0 Å². The normalized spacial score (nSPS) is 15.8. The molecule has 0 bridgehead atoms. The Balaban J connectivity index is 1.75. The second-order valence-electron chi connectivity index (χ2n) is 6.43. The van der Waals surface area contributed by atoms with E-state index in [0.29, 0.717) is 23.0 Å². The lowest BCUT2D eigenvalue weighted by molar-refractivity contribution is 0.312. The first-order valence-corrected chi connectivity index (χ1v) is 8.60. The molecule has 1 saturated heterocycles. The molecule has 4 aromatic rings. The van der Waals surface area contributed by atoms with Crippen molar-refractivity contribution < 1.29 is 13.3 Å². The van der Waals surface area contributed by atoms with Gasteiger partial charge in [0.1, 0.15) is 17.9 Å². The van der Waals surface area contributed by atoms with Crippen LogP contribution in [0.4, 0.5) is 5.82 Å². The van der Waals surface area contributed by atoms with Gasteiger partial charge >= 0.3 is 0 Å². The maximum absolute atomic E-state index is 6.08. The van der Waals surface area contributed by atoms with Crippen molar-refractivity contribution in [3.05, 3.63) is 43.1 Å². The first-order valence-electron chi connectivity index (χ1n) is 8.60. The van der Waals surface area contributed by atoms with Gasteiger partial charge in [0.25, 0.3) is 0 Å². The Morgan fingerprint density at radius 2 is 1.65 bits per heavy atom. The van der Waals surface area contributed by atoms with Gasteiger partial charge in [0.15, 0.2) is 11.5 Å². The zero-order valence-corrected chi connectivity index (χ0v) is 14.4. The quantitative estimate of drug-likeness (QED) is 0.560. The number of likely N-dealkylation sites (N-methyl/N-ethyl adjacent to an activating group) is 1. The molecule has 4 aromatic heterocycles. The zero-order valence-electron chi connectivity index (χ0n) is 14.4. The summed E-state index contributed by atoms with van der Waals surface area (Å²) in [7, 11) is 2.13. The monoisotopic (exact) mass is 350 g/mol. The Labute approximate surface area is 149 Å². The van der Waals surface area contributed by atoms with Crippen LogP contribution in [0.3, 0.4) is 0 Å². The van der Waals surface area contributed by atoms with Crippen LogP contribution in [0.2, 0.25) is 0 Å². The van der Waals surface area contributed by atoms with Crippen LogP contribution in [0, 0.1) is 0 Å². The molecule has 1 aliphatic rings. The number of anilines is 1. The Bertz CT molecular complexity index is 1010. The number of nitrogens with zero attached hydrogens (tertiary/aromatic N) is 4. The van der Waals surface area contributed by atoms with Crippen LogP contribution in [-0.2, 0) is 0 Å². The minimum atomic E-state index is 0.534. The lowest BCUT2D eigenvalue weighted by Crippen LogP contribution is -2.44. The minimum absolute atomic E-state index is 0.534. The highest BCUT2D eigenvalue weighted by molar-refractivity contribution is 6.04. The largest absolute Gasteiger partial charge is 0.464 e. The fraction of sp³-hybridized carbons (Fsp3) is 0.263. The first kappa shape index (κ1) is 15.2. The molecule has 0 aromatic carbocycles. The SMILES string of the molecule is CN1CCN(c2ncnc3oc(-c4ccco4)c(-c4ccco4)c23)CC1. The molecule has 0 aliphatic carbocycles. The molecule has 0 N–H and O–H groups in total. The summed E-state index contributed by atoms with van der Waals surface area (Å²) in [4.78, 5) is 13.5. The summed E-state index contributed by atoms with van der Waals surface area (Å²) in [5.74, 6) is 2.82. The van der Waals surface area contributed by atoms with Gasteiger partial charge in [0.05, 0.1) is 23.5 Å². The van der Waals surface area contributed by atoms with Gasteiger partial charge < -0.3 is 23.1 Å². The van der Waals surface area contributed by atoms with E-state index in [9.17, 15) is 0 Å². The fourth-order valence-electron chi connectivity index (χ4n) is 3.41. The lowest BCUT2D eigenvalue weighted by Gasteiger charge is -2.33. The predicted octanol–water partition coefficient (Wildman–Crippen LogP) is 3.49. The highest BCUT2D eigenvalue weighted by Gasteiger charge is 2.28. The summed E-state index contributed by atoms with van der Waals surface area (Å²) in [6, 6.07) is 7.48. The Hall–Kier alpha value is -3.06. The molecule has 26 heavy (non-hydrogen) atoms. The van der Waals surface area contributed by atoms with Crippen LogP contribution in [-0.4, -0.2) is 48.1 Å². The van der Waals surface area contributed by atoms with Gasteiger partial charge in [0.2, 0.25) is 5.71 Å². The van der Waals surface area contributed by atoms with Crippen LogP contribution < -0.4 is 4.90 Å². The van der Waals surface area contributed by atoms with Crippen LogP contribution in [0.15, 0.2) is 56.4 Å². The van der Waals surface area contributed by atoms with E-state index in [2.05, 4.69) is 26.8 Å². The average molecular weight is 350 g/mol. The molecule has 0 atom stereocenters. The van der Waals surface area contributed by atoms with E-state index < -0.39 is 0 Å². The highest BCUT2D eigenvalue weighted by Crippen LogP contribution is 2.43. The van der Waals surface area contributed by atoms with Crippen molar-refractivity contribution in [3.63, 3.8) is 0 Å². The number of furan rings is 3. The van der Waals surface area contributed by atoms with Crippen molar-refractivity contribution in [2.75, 3.05) is 38.1 Å². The third-order valence-corrected chi connectivity index (χ3v) is 4.78. The molecule has 5 heterocycles. The maximum Gasteiger partial charge on any atom is 0.232 e. The van der Waals surface area contributed by atoms with E-state index in [1.54, 1.807) is 18.9 Å². The van der Waals surface area contributed by atoms with E-state index >= 15 is 0 Å². The van der Waals surface area contributed by atoms with Crippen LogP contribution in [0.1, 0.15) is 0 Å². The van der Waals surface area contributed by atoms with E-state index in [0.717, 1.165) is 42.9 Å². The molecule has 0 spiro atoms. The molecular weight excluding hydrogens is 332 g/mol. The molecule has 5 rings (SSSR count).